The number of carboxylic acid groups (broad SMARTS) is 1. The first-order valence-electron chi connectivity index (χ1n) is 5.91. The summed E-state index contributed by atoms with van der Waals surface area (Å²) in [5.41, 5.74) is 5.61. The maximum absolute atomic E-state index is 11.0. The molecule has 3 rings (SSSR count). The first-order chi connectivity index (χ1) is 10.2. The van der Waals surface area contributed by atoms with E-state index in [1.807, 2.05) is 0 Å². The molecule has 3 aromatic rings. The van der Waals surface area contributed by atoms with E-state index < -0.39 is 5.97 Å². The van der Waals surface area contributed by atoms with E-state index in [1.54, 1.807) is 12.1 Å². The molecule has 0 aromatic carbocycles. The average molecular weight is 290 g/mol. The number of nitrogens with zero attached hydrogens (tertiary/aromatic N) is 5. The molecule has 0 amide bonds. The molecule has 0 bridgehead atoms. The Kier molecular flexibility index (Phi) is 3.20. The minimum absolute atomic E-state index is 0.0200. The fourth-order valence-corrected chi connectivity index (χ4v) is 1.77. The van der Waals surface area contributed by atoms with Gasteiger partial charge in [0.15, 0.2) is 11.5 Å². The highest BCUT2D eigenvalue weighted by atomic mass is 16.4. The summed E-state index contributed by atoms with van der Waals surface area (Å²) >= 11 is 0. The van der Waals surface area contributed by atoms with E-state index in [1.165, 1.54) is 10.9 Å². The summed E-state index contributed by atoms with van der Waals surface area (Å²) in [6.45, 7) is 0.0499. The smallest absolute Gasteiger partial charge is 0.358 e. The van der Waals surface area contributed by atoms with Crippen LogP contribution in [0.1, 0.15) is 22.1 Å². The summed E-state index contributed by atoms with van der Waals surface area (Å²) in [6, 6.07) is 3.38. The molecule has 21 heavy (non-hydrogen) atoms. The van der Waals surface area contributed by atoms with Gasteiger partial charge >= 0.3 is 5.97 Å². The van der Waals surface area contributed by atoms with Crippen LogP contribution in [0.3, 0.4) is 0 Å². The number of carboxylic acids is 1. The van der Waals surface area contributed by atoms with Crippen molar-refractivity contribution in [3.05, 3.63) is 35.7 Å². The molecule has 0 aliphatic rings. The third-order valence-corrected chi connectivity index (χ3v) is 2.72. The fourth-order valence-electron chi connectivity index (χ4n) is 1.77. The number of rotatable bonds is 5. The largest absolute Gasteiger partial charge is 0.476 e. The van der Waals surface area contributed by atoms with Crippen molar-refractivity contribution in [3.63, 3.8) is 0 Å². The number of aromatic carboxylic acids is 1. The molecule has 0 aliphatic heterocycles. The van der Waals surface area contributed by atoms with Gasteiger partial charge in [-0.1, -0.05) is 5.21 Å². The molecule has 0 fully saturated rings. The zero-order valence-corrected chi connectivity index (χ0v) is 10.6. The lowest BCUT2D eigenvalue weighted by atomic mass is 10.3. The van der Waals surface area contributed by atoms with Crippen LogP contribution >= 0.6 is 0 Å². The number of furan rings is 1. The Balaban J connectivity index is 1.86. The highest BCUT2D eigenvalue weighted by Crippen LogP contribution is 2.18. The molecule has 0 atom stereocenters. The van der Waals surface area contributed by atoms with Crippen molar-refractivity contribution in [2.24, 2.45) is 5.73 Å². The van der Waals surface area contributed by atoms with Crippen LogP contribution in [0.15, 0.2) is 27.2 Å². The lowest BCUT2D eigenvalue weighted by Gasteiger charge is -2.01. The minimum atomic E-state index is -1.19. The molecule has 10 nitrogen and oxygen atoms in total. The molecule has 10 heteroatoms. The lowest BCUT2D eigenvalue weighted by molar-refractivity contribution is 0.0689. The number of nitrogens with two attached hydrogens (primary N) is 1. The van der Waals surface area contributed by atoms with Gasteiger partial charge in [-0.3, -0.25) is 0 Å². The summed E-state index contributed by atoms with van der Waals surface area (Å²) in [5, 5.41) is 23.9. The summed E-state index contributed by atoms with van der Waals surface area (Å²) < 4.78 is 11.9. The number of carbonyl (C=O) groups is 1. The third-order valence-electron chi connectivity index (χ3n) is 2.72. The van der Waals surface area contributed by atoms with Gasteiger partial charge in [0.2, 0.25) is 5.89 Å². The van der Waals surface area contributed by atoms with Crippen LogP contribution < -0.4 is 5.73 Å². The molecular formula is C11H10N6O4. The summed E-state index contributed by atoms with van der Waals surface area (Å²) in [5.74, 6) is -0.290. The Labute approximate surface area is 117 Å². The second-order valence-electron chi connectivity index (χ2n) is 4.03. The van der Waals surface area contributed by atoms with Crippen LogP contribution in [-0.4, -0.2) is 36.3 Å². The molecule has 0 saturated heterocycles. The van der Waals surface area contributed by atoms with Crippen LogP contribution in [0, 0.1) is 0 Å². The van der Waals surface area contributed by atoms with E-state index in [0.29, 0.717) is 5.76 Å². The van der Waals surface area contributed by atoms with E-state index in [9.17, 15) is 4.79 Å². The Morgan fingerprint density at radius 2 is 2.24 bits per heavy atom. The van der Waals surface area contributed by atoms with Crippen molar-refractivity contribution < 1.29 is 18.7 Å². The highest BCUT2D eigenvalue weighted by Gasteiger charge is 2.19. The van der Waals surface area contributed by atoms with Gasteiger partial charge in [0.25, 0.3) is 5.89 Å². The minimum Gasteiger partial charge on any atom is -0.476 e. The molecule has 0 saturated carbocycles. The van der Waals surface area contributed by atoms with Crippen molar-refractivity contribution in [3.8, 4) is 11.7 Å². The van der Waals surface area contributed by atoms with E-state index in [2.05, 4.69) is 20.5 Å². The maximum atomic E-state index is 11.0. The van der Waals surface area contributed by atoms with Crippen molar-refractivity contribution in [1.82, 2.24) is 25.2 Å². The predicted octanol–water partition coefficient (Wildman–Crippen LogP) is 0.126. The number of aromatic nitrogens is 5. The van der Waals surface area contributed by atoms with E-state index in [0.717, 1.165) is 0 Å². The zero-order valence-electron chi connectivity index (χ0n) is 10.6. The first-order valence-corrected chi connectivity index (χ1v) is 5.91. The standard InChI is InChI=1S/C11H10N6O4/c12-4-6-9(11(18)19)14-16-17(6)5-8-13-15-10(21-8)7-2-1-3-20-7/h1-3H,4-5,12H2,(H,18,19). The molecule has 3 heterocycles. The highest BCUT2D eigenvalue weighted by molar-refractivity contribution is 5.86. The fraction of sp³-hybridized carbons (Fsp3) is 0.182. The van der Waals surface area contributed by atoms with Crippen molar-refractivity contribution in [2.75, 3.05) is 0 Å². The Bertz CT molecular complexity index is 760. The molecular weight excluding hydrogens is 280 g/mol. The topological polar surface area (TPSA) is 146 Å². The van der Waals surface area contributed by atoms with Gasteiger partial charge < -0.3 is 19.7 Å². The first kappa shape index (κ1) is 13.0. The summed E-state index contributed by atoms with van der Waals surface area (Å²) in [4.78, 5) is 11.0. The van der Waals surface area contributed by atoms with Gasteiger partial charge in [-0.05, 0) is 12.1 Å². The normalized spacial score (nSPS) is 10.9. The van der Waals surface area contributed by atoms with Crippen LogP contribution in [-0.2, 0) is 13.1 Å². The Morgan fingerprint density at radius 3 is 2.90 bits per heavy atom. The van der Waals surface area contributed by atoms with E-state index >= 15 is 0 Å². The molecule has 0 spiro atoms. The maximum Gasteiger partial charge on any atom is 0.358 e. The predicted molar refractivity (Wildman–Crippen MR) is 66.0 cm³/mol. The van der Waals surface area contributed by atoms with Gasteiger partial charge in [0.1, 0.15) is 6.54 Å². The van der Waals surface area contributed by atoms with Crippen LogP contribution in [0.4, 0.5) is 0 Å². The van der Waals surface area contributed by atoms with Gasteiger partial charge in [-0.15, -0.1) is 15.3 Å². The molecule has 0 unspecified atom stereocenters. The quantitative estimate of drug-likeness (QED) is 0.668. The molecule has 0 aliphatic carbocycles. The van der Waals surface area contributed by atoms with E-state index in [-0.39, 0.29) is 36.3 Å². The number of hydrogen-bond donors (Lipinski definition) is 2. The van der Waals surface area contributed by atoms with Crippen molar-refractivity contribution in [1.29, 1.82) is 0 Å². The second kappa shape index (κ2) is 5.17. The zero-order chi connectivity index (χ0) is 14.8. The van der Waals surface area contributed by atoms with Gasteiger partial charge in [-0.2, -0.15) is 0 Å². The van der Waals surface area contributed by atoms with Gasteiger partial charge in [0.05, 0.1) is 12.0 Å². The third kappa shape index (κ3) is 2.39. The van der Waals surface area contributed by atoms with Crippen LogP contribution in [0.25, 0.3) is 11.7 Å². The van der Waals surface area contributed by atoms with E-state index in [4.69, 9.17) is 19.7 Å². The molecule has 108 valence electrons. The summed E-state index contributed by atoms with van der Waals surface area (Å²) in [6.07, 6.45) is 1.49. The van der Waals surface area contributed by atoms with Crippen LogP contribution in [0.5, 0.6) is 0 Å². The van der Waals surface area contributed by atoms with Gasteiger partial charge in [-0.25, -0.2) is 9.48 Å². The van der Waals surface area contributed by atoms with Crippen LogP contribution in [0.2, 0.25) is 0 Å². The van der Waals surface area contributed by atoms with Crippen molar-refractivity contribution in [2.45, 2.75) is 13.1 Å². The average Bonchev–Trinajstić information content (AvgIpc) is 3.18. The molecule has 3 aromatic heterocycles. The summed E-state index contributed by atoms with van der Waals surface area (Å²) in [7, 11) is 0. The number of hydrogen-bond acceptors (Lipinski definition) is 8. The van der Waals surface area contributed by atoms with Crippen molar-refractivity contribution >= 4 is 5.97 Å². The Hall–Kier alpha value is -3.01. The van der Waals surface area contributed by atoms with Gasteiger partial charge in [0, 0.05) is 6.54 Å². The Morgan fingerprint density at radius 1 is 1.38 bits per heavy atom. The molecule has 0 radical (unpaired) electrons. The SMILES string of the molecule is NCc1c(C(=O)O)nnn1Cc1nnc(-c2ccco2)o1. The second-order valence-corrected chi connectivity index (χ2v) is 4.03. The monoisotopic (exact) mass is 290 g/mol. The lowest BCUT2D eigenvalue weighted by Crippen LogP contribution is -2.13. The molecule has 3 N–H and O–H groups in total.